The highest BCUT2D eigenvalue weighted by Crippen LogP contribution is 2.31. The molecular weight excluding hydrogens is 306 g/mol. The molecule has 2 N–H and O–H groups in total. The zero-order valence-electron chi connectivity index (χ0n) is 12.3. The molecule has 8 heteroatoms. The number of aromatic amines is 1. The number of carbonyl (C=O) groups is 1. The van der Waals surface area contributed by atoms with Gasteiger partial charge in [-0.1, -0.05) is 0 Å². The van der Waals surface area contributed by atoms with Crippen molar-refractivity contribution in [3.05, 3.63) is 34.5 Å². The molecule has 2 rings (SSSR count). The lowest BCUT2D eigenvalue weighted by molar-refractivity contribution is -0.131. The van der Waals surface area contributed by atoms with Gasteiger partial charge in [-0.25, -0.2) is 9.78 Å². The van der Waals surface area contributed by atoms with Crippen LogP contribution in [-0.4, -0.2) is 40.5 Å². The summed E-state index contributed by atoms with van der Waals surface area (Å²) in [5.74, 6) is 0.701. The van der Waals surface area contributed by atoms with E-state index in [1.807, 2.05) is 0 Å². The summed E-state index contributed by atoms with van der Waals surface area (Å²) in [5, 5.41) is 16.3. The average molecular weight is 321 g/mol. The largest absolute Gasteiger partial charge is 0.497 e. The monoisotopic (exact) mass is 321 g/mol. The third kappa shape index (κ3) is 3.79. The predicted octanol–water partition coefficient (Wildman–Crippen LogP) is 2.35. The van der Waals surface area contributed by atoms with Crippen molar-refractivity contribution < 1.29 is 19.4 Å². The van der Waals surface area contributed by atoms with Crippen LogP contribution in [0.25, 0.3) is 6.08 Å². The number of aromatic nitrogens is 3. The normalized spacial score (nSPS) is 11.3. The first-order valence-electron chi connectivity index (χ1n) is 6.27. The summed E-state index contributed by atoms with van der Waals surface area (Å²) < 4.78 is 10.4. The highest BCUT2D eigenvalue weighted by atomic mass is 32.2. The smallest absolute Gasteiger partial charge is 0.342 e. The minimum absolute atomic E-state index is 0.0856. The van der Waals surface area contributed by atoms with Gasteiger partial charge in [0.15, 0.2) is 0 Å². The molecule has 22 heavy (non-hydrogen) atoms. The number of hydrogen-bond donors (Lipinski definition) is 2. The Morgan fingerprint density at radius 2 is 2.14 bits per heavy atom. The number of carboxylic acid groups (broad SMARTS) is 1. The van der Waals surface area contributed by atoms with Crippen LogP contribution in [0.2, 0.25) is 0 Å². The fourth-order valence-electron chi connectivity index (χ4n) is 1.68. The Bertz CT molecular complexity index is 712. The molecule has 1 heterocycles. The molecule has 0 aliphatic rings. The van der Waals surface area contributed by atoms with Gasteiger partial charge in [0.2, 0.25) is 5.16 Å². The number of carboxylic acids is 1. The number of aliphatic carboxylic acids is 1. The Kier molecular flexibility index (Phi) is 5.05. The summed E-state index contributed by atoms with van der Waals surface area (Å²) >= 11 is 0.963. The van der Waals surface area contributed by atoms with Crippen molar-refractivity contribution in [2.75, 3.05) is 14.2 Å². The van der Waals surface area contributed by atoms with Gasteiger partial charge < -0.3 is 14.6 Å². The molecule has 116 valence electrons. The van der Waals surface area contributed by atoms with E-state index >= 15 is 0 Å². The van der Waals surface area contributed by atoms with Crippen molar-refractivity contribution >= 4 is 23.8 Å². The molecular formula is C14H15N3O4S. The Labute approximate surface area is 131 Å². The van der Waals surface area contributed by atoms with Crippen molar-refractivity contribution in [2.24, 2.45) is 0 Å². The Morgan fingerprint density at radius 3 is 2.68 bits per heavy atom. The maximum Gasteiger partial charge on any atom is 0.342 e. The molecule has 0 aliphatic heterocycles. The molecule has 0 amide bonds. The molecule has 0 radical (unpaired) electrons. The first kappa shape index (κ1) is 15.9. The number of H-pyrrole nitrogens is 1. The van der Waals surface area contributed by atoms with E-state index in [2.05, 4.69) is 15.2 Å². The number of hydrogen-bond acceptors (Lipinski definition) is 6. The second kappa shape index (κ2) is 6.99. The van der Waals surface area contributed by atoms with E-state index in [1.165, 1.54) is 13.2 Å². The average Bonchev–Trinajstić information content (AvgIpc) is 2.92. The molecule has 0 atom stereocenters. The minimum atomic E-state index is -1.06. The molecule has 2 aromatic rings. The van der Waals surface area contributed by atoms with Crippen LogP contribution in [0.1, 0.15) is 11.4 Å². The van der Waals surface area contributed by atoms with Crippen molar-refractivity contribution in [3.8, 4) is 11.5 Å². The number of rotatable bonds is 6. The van der Waals surface area contributed by atoms with E-state index in [4.69, 9.17) is 9.47 Å². The molecule has 0 fully saturated rings. The molecule has 0 saturated heterocycles. The standard InChI is InChI=1S/C14H15N3O4S/c1-8-15-14(17-16-8)22-12(13(18)19)6-9-4-5-10(20-2)7-11(9)21-3/h4-7H,1-3H3,(H,18,19)(H,15,16,17)/b12-6-. The zero-order valence-corrected chi connectivity index (χ0v) is 13.1. The van der Waals surface area contributed by atoms with Crippen molar-refractivity contribution in [3.63, 3.8) is 0 Å². The van der Waals surface area contributed by atoms with E-state index < -0.39 is 5.97 Å². The van der Waals surface area contributed by atoms with Crippen LogP contribution in [0.15, 0.2) is 28.3 Å². The second-order valence-corrected chi connectivity index (χ2v) is 5.24. The van der Waals surface area contributed by atoms with E-state index in [0.29, 0.717) is 28.0 Å². The van der Waals surface area contributed by atoms with E-state index in [9.17, 15) is 9.90 Å². The number of aryl methyl sites for hydroxylation is 1. The molecule has 7 nitrogen and oxygen atoms in total. The molecule has 0 saturated carbocycles. The molecule has 0 bridgehead atoms. The zero-order chi connectivity index (χ0) is 16.1. The van der Waals surface area contributed by atoms with Gasteiger partial charge >= 0.3 is 5.97 Å². The summed E-state index contributed by atoms with van der Waals surface area (Å²) in [5.41, 5.74) is 0.625. The highest BCUT2D eigenvalue weighted by molar-refractivity contribution is 8.04. The molecule has 0 spiro atoms. The van der Waals surface area contributed by atoms with Crippen molar-refractivity contribution in [2.45, 2.75) is 12.1 Å². The van der Waals surface area contributed by atoms with Crippen LogP contribution in [0, 0.1) is 6.92 Å². The summed E-state index contributed by atoms with van der Waals surface area (Å²) in [6, 6.07) is 5.15. The summed E-state index contributed by atoms with van der Waals surface area (Å²) in [6.07, 6.45) is 1.51. The highest BCUT2D eigenvalue weighted by Gasteiger charge is 2.14. The van der Waals surface area contributed by atoms with E-state index in [0.717, 1.165) is 11.8 Å². The summed E-state index contributed by atoms with van der Waals surface area (Å²) in [6.45, 7) is 1.74. The Morgan fingerprint density at radius 1 is 1.36 bits per heavy atom. The van der Waals surface area contributed by atoms with E-state index in [-0.39, 0.29) is 4.91 Å². The number of thioether (sulfide) groups is 1. The van der Waals surface area contributed by atoms with Crippen molar-refractivity contribution in [1.29, 1.82) is 0 Å². The van der Waals surface area contributed by atoms with Gasteiger partial charge in [-0.2, -0.15) is 0 Å². The number of ether oxygens (including phenoxy) is 2. The lowest BCUT2D eigenvalue weighted by Crippen LogP contribution is -1.98. The molecule has 1 aromatic carbocycles. The fourth-order valence-corrected chi connectivity index (χ4v) is 2.42. The van der Waals surface area contributed by atoms with Crippen LogP contribution < -0.4 is 9.47 Å². The van der Waals surface area contributed by atoms with Crippen LogP contribution in [0.3, 0.4) is 0 Å². The first-order chi connectivity index (χ1) is 10.5. The van der Waals surface area contributed by atoms with Crippen LogP contribution in [0.4, 0.5) is 0 Å². The molecule has 0 unspecified atom stereocenters. The van der Waals surface area contributed by atoms with Gasteiger partial charge in [-0.15, -0.1) is 5.10 Å². The van der Waals surface area contributed by atoms with Gasteiger partial charge in [-0.3, -0.25) is 5.10 Å². The Hall–Kier alpha value is -2.48. The van der Waals surface area contributed by atoms with E-state index in [1.54, 1.807) is 32.2 Å². The maximum atomic E-state index is 11.4. The first-order valence-corrected chi connectivity index (χ1v) is 7.09. The number of benzene rings is 1. The molecule has 0 aliphatic carbocycles. The van der Waals surface area contributed by atoms with Crippen LogP contribution in [-0.2, 0) is 4.79 Å². The third-order valence-electron chi connectivity index (χ3n) is 2.72. The third-order valence-corrected chi connectivity index (χ3v) is 3.59. The number of nitrogens with zero attached hydrogens (tertiary/aromatic N) is 2. The molecule has 1 aromatic heterocycles. The van der Waals surface area contributed by atoms with Gasteiger partial charge in [0.1, 0.15) is 22.2 Å². The lowest BCUT2D eigenvalue weighted by Gasteiger charge is -2.08. The fraction of sp³-hybridized carbons (Fsp3) is 0.214. The number of nitrogens with one attached hydrogen (secondary N) is 1. The maximum absolute atomic E-state index is 11.4. The SMILES string of the molecule is COc1ccc(/C=C(\Sc2n[nH]c(C)n2)C(=O)O)c(OC)c1. The Balaban J connectivity index is 2.35. The lowest BCUT2D eigenvalue weighted by atomic mass is 10.1. The van der Waals surface area contributed by atoms with Gasteiger partial charge in [0, 0.05) is 11.6 Å². The van der Waals surface area contributed by atoms with Crippen LogP contribution in [0.5, 0.6) is 11.5 Å². The summed E-state index contributed by atoms with van der Waals surface area (Å²) in [4.78, 5) is 15.6. The van der Waals surface area contributed by atoms with Gasteiger partial charge in [0.05, 0.1) is 14.2 Å². The quantitative estimate of drug-likeness (QED) is 0.622. The minimum Gasteiger partial charge on any atom is -0.497 e. The number of methoxy groups -OCH3 is 2. The predicted molar refractivity (Wildman–Crippen MR) is 82.1 cm³/mol. The topological polar surface area (TPSA) is 97.3 Å². The van der Waals surface area contributed by atoms with Crippen LogP contribution >= 0.6 is 11.8 Å². The summed E-state index contributed by atoms with van der Waals surface area (Å²) in [7, 11) is 3.06. The van der Waals surface area contributed by atoms with Gasteiger partial charge in [-0.05, 0) is 36.9 Å². The van der Waals surface area contributed by atoms with Gasteiger partial charge in [0.25, 0.3) is 0 Å². The second-order valence-electron chi connectivity index (χ2n) is 4.23. The van der Waals surface area contributed by atoms with Crippen molar-refractivity contribution in [1.82, 2.24) is 15.2 Å².